The maximum atomic E-state index is 14.5. The Morgan fingerprint density at radius 3 is 2.54 bits per heavy atom. The highest BCUT2D eigenvalue weighted by atomic mass is 19.4. The summed E-state index contributed by atoms with van der Waals surface area (Å²) in [4.78, 5) is 35.1. The van der Waals surface area contributed by atoms with Crippen LogP contribution in [-0.4, -0.2) is 28.2 Å². The molecule has 0 fully saturated rings. The number of halogens is 4. The Morgan fingerprint density at radius 2 is 1.92 bits per heavy atom. The van der Waals surface area contributed by atoms with Gasteiger partial charge in [0.2, 0.25) is 5.91 Å². The number of hydrogen-bond acceptors (Lipinski definition) is 8. The molecule has 0 aliphatic rings. The lowest BCUT2D eigenvalue weighted by atomic mass is 10.1. The van der Waals surface area contributed by atoms with Gasteiger partial charge in [-0.2, -0.15) is 13.2 Å². The van der Waals surface area contributed by atoms with Gasteiger partial charge in [-0.3, -0.25) is 14.2 Å². The topological polar surface area (TPSA) is 150 Å². The van der Waals surface area contributed by atoms with Crippen LogP contribution < -0.4 is 32.5 Å². The number of rotatable bonds is 10. The minimum Gasteiger partial charge on any atom is -0.399 e. The molecule has 0 atom stereocenters. The van der Waals surface area contributed by atoms with Gasteiger partial charge >= 0.3 is 6.18 Å². The van der Waals surface area contributed by atoms with E-state index in [1.807, 2.05) is 0 Å². The summed E-state index contributed by atoms with van der Waals surface area (Å²) in [5, 5.41) is 8.63. The Balaban J connectivity index is 1.97. The van der Waals surface area contributed by atoms with E-state index >= 15 is 0 Å². The molecule has 39 heavy (non-hydrogen) atoms. The molecule has 208 valence electrons. The van der Waals surface area contributed by atoms with Gasteiger partial charge in [0.15, 0.2) is 11.6 Å². The van der Waals surface area contributed by atoms with Crippen molar-refractivity contribution in [3.05, 3.63) is 69.4 Å². The number of nitrogens with one attached hydrogen (secondary N) is 2. The van der Waals surface area contributed by atoms with Gasteiger partial charge < -0.3 is 26.9 Å². The zero-order chi connectivity index (χ0) is 28.9. The molecule has 14 heteroatoms. The molecule has 10 nitrogen and oxygen atoms in total. The van der Waals surface area contributed by atoms with E-state index in [0.29, 0.717) is 5.56 Å². The number of benzene rings is 2. The van der Waals surface area contributed by atoms with Gasteiger partial charge in [-0.1, -0.05) is 5.16 Å². The van der Waals surface area contributed by atoms with Crippen molar-refractivity contribution >= 4 is 24.1 Å². The van der Waals surface area contributed by atoms with Gasteiger partial charge in [0.05, 0.1) is 17.5 Å². The maximum absolute atomic E-state index is 14.5. The van der Waals surface area contributed by atoms with Gasteiger partial charge in [-0.15, -0.1) is 0 Å². The van der Waals surface area contributed by atoms with Gasteiger partial charge in [0.1, 0.15) is 12.4 Å². The second-order valence-corrected chi connectivity index (χ2v) is 8.78. The largest absolute Gasteiger partial charge is 0.416 e. The number of nitrogen functional groups attached to an aromatic ring is 1. The Kier molecular flexibility index (Phi) is 8.91. The number of hydrogen-bond donors (Lipinski definition) is 4. The summed E-state index contributed by atoms with van der Waals surface area (Å²) >= 11 is 0. The van der Waals surface area contributed by atoms with E-state index in [0.717, 1.165) is 22.8 Å². The molecule has 0 saturated carbocycles. The molecule has 0 unspecified atom stereocenters. The second kappa shape index (κ2) is 11.9. The number of nitrogens with zero attached hydrogens (tertiary/aromatic N) is 3. The quantitative estimate of drug-likeness (QED) is 0.131. The molecule has 1 aromatic heterocycles. The van der Waals surface area contributed by atoms with Crippen LogP contribution in [0.15, 0.2) is 46.5 Å². The molecule has 0 radical (unpaired) electrons. The van der Waals surface area contributed by atoms with Gasteiger partial charge in [0, 0.05) is 48.2 Å². The van der Waals surface area contributed by atoms with Crippen molar-refractivity contribution in [3.63, 3.8) is 0 Å². The normalized spacial score (nSPS) is 11.4. The standard InChI is InChI=1S/C25H27F4N7O3/c1-13(2)35-23-24(38)36(20(11-34-23)14-4-17(25(27,28)29)8-18(31)5-14)12-22(37)33-10-16-7-21(39-32-3)15(9-30)6-19(16)26/h4-8,11,13H,3,9-10,12,30-31H2,1-2H3,(H,33,37)(H,34,35). The van der Waals surface area contributed by atoms with Crippen molar-refractivity contribution in [3.8, 4) is 17.0 Å². The molecule has 6 N–H and O–H groups in total. The van der Waals surface area contributed by atoms with Crippen LogP contribution in [0.3, 0.4) is 0 Å². The summed E-state index contributed by atoms with van der Waals surface area (Å²) in [5.41, 5.74) is 9.51. The van der Waals surface area contributed by atoms with E-state index in [1.54, 1.807) is 13.8 Å². The number of amides is 1. The third-order valence-corrected chi connectivity index (χ3v) is 5.45. The van der Waals surface area contributed by atoms with E-state index in [1.165, 1.54) is 18.3 Å². The molecule has 3 aromatic rings. The molecule has 0 aliphatic carbocycles. The fourth-order valence-electron chi connectivity index (χ4n) is 3.69. The number of nitrogens with two attached hydrogens (primary N) is 2. The fourth-order valence-corrected chi connectivity index (χ4v) is 3.69. The Morgan fingerprint density at radius 1 is 1.21 bits per heavy atom. The average molecular weight is 550 g/mol. The van der Waals surface area contributed by atoms with Crippen LogP contribution in [0.4, 0.5) is 29.1 Å². The zero-order valence-corrected chi connectivity index (χ0v) is 21.1. The highest BCUT2D eigenvalue weighted by Crippen LogP contribution is 2.34. The number of carbonyl (C=O) groups excluding carboxylic acids is 1. The summed E-state index contributed by atoms with van der Waals surface area (Å²) < 4.78 is 55.7. The maximum Gasteiger partial charge on any atom is 0.416 e. The third-order valence-electron chi connectivity index (χ3n) is 5.45. The first-order valence-electron chi connectivity index (χ1n) is 11.6. The summed E-state index contributed by atoms with van der Waals surface area (Å²) in [5.74, 6) is -1.36. The van der Waals surface area contributed by atoms with Crippen LogP contribution in [0, 0.1) is 5.82 Å². The number of alkyl halides is 3. The zero-order valence-electron chi connectivity index (χ0n) is 21.1. The van der Waals surface area contributed by atoms with Crippen molar-refractivity contribution in [2.24, 2.45) is 10.9 Å². The van der Waals surface area contributed by atoms with Gasteiger partial charge in [0.25, 0.3) is 5.56 Å². The molecule has 0 saturated heterocycles. The highest BCUT2D eigenvalue weighted by Gasteiger charge is 2.31. The lowest BCUT2D eigenvalue weighted by Crippen LogP contribution is -2.35. The molecule has 1 heterocycles. The predicted octanol–water partition coefficient (Wildman–Crippen LogP) is 3.24. The molecular formula is C25H27F4N7O3. The fraction of sp³-hybridized carbons (Fsp3) is 0.280. The van der Waals surface area contributed by atoms with Gasteiger partial charge in [-0.05, 0) is 44.2 Å². The molecule has 3 rings (SSSR count). The Hall–Kier alpha value is -4.46. The van der Waals surface area contributed by atoms with Crippen molar-refractivity contribution in [1.29, 1.82) is 0 Å². The Bertz CT molecular complexity index is 1440. The Labute approximate surface area is 220 Å². The lowest BCUT2D eigenvalue weighted by molar-refractivity contribution is -0.137. The van der Waals surface area contributed by atoms with Crippen molar-refractivity contribution < 1.29 is 27.2 Å². The van der Waals surface area contributed by atoms with Crippen LogP contribution >= 0.6 is 0 Å². The van der Waals surface area contributed by atoms with Crippen LogP contribution in [0.2, 0.25) is 0 Å². The number of carbonyl (C=O) groups is 1. The molecule has 0 bridgehead atoms. The van der Waals surface area contributed by atoms with Crippen molar-refractivity contribution in [2.45, 2.75) is 45.7 Å². The summed E-state index contributed by atoms with van der Waals surface area (Å²) in [6.45, 7) is 5.77. The number of oxime groups is 1. The molecular weight excluding hydrogens is 522 g/mol. The molecule has 1 amide bonds. The van der Waals surface area contributed by atoms with Crippen molar-refractivity contribution in [2.75, 3.05) is 11.1 Å². The third kappa shape index (κ3) is 7.10. The molecule has 2 aromatic carbocycles. The van der Waals surface area contributed by atoms with Crippen LogP contribution in [0.1, 0.15) is 30.5 Å². The van der Waals surface area contributed by atoms with Crippen LogP contribution in [0.5, 0.6) is 5.75 Å². The first kappa shape index (κ1) is 29.1. The van der Waals surface area contributed by atoms with E-state index in [9.17, 15) is 27.2 Å². The SMILES string of the molecule is C=NOc1cc(CNC(=O)Cn2c(-c3cc(N)cc(C(F)(F)F)c3)cnc(NC(C)C)c2=O)c(F)cc1CN. The predicted molar refractivity (Wildman–Crippen MR) is 138 cm³/mol. The molecule has 0 aliphatic heterocycles. The number of aromatic nitrogens is 2. The summed E-state index contributed by atoms with van der Waals surface area (Å²) in [6, 6.07) is 5.02. The van der Waals surface area contributed by atoms with E-state index < -0.39 is 35.6 Å². The average Bonchev–Trinajstić information content (AvgIpc) is 2.85. The van der Waals surface area contributed by atoms with E-state index in [-0.39, 0.29) is 53.2 Å². The number of anilines is 2. The van der Waals surface area contributed by atoms with E-state index in [4.69, 9.17) is 16.3 Å². The highest BCUT2D eigenvalue weighted by molar-refractivity contribution is 5.77. The van der Waals surface area contributed by atoms with E-state index in [2.05, 4.69) is 27.5 Å². The molecule has 0 spiro atoms. The van der Waals surface area contributed by atoms with Crippen LogP contribution in [-0.2, 0) is 30.6 Å². The van der Waals surface area contributed by atoms with Crippen molar-refractivity contribution in [1.82, 2.24) is 14.9 Å². The first-order valence-corrected chi connectivity index (χ1v) is 11.6. The minimum absolute atomic E-state index is 0.0328. The minimum atomic E-state index is -4.70. The van der Waals surface area contributed by atoms with Crippen LogP contribution in [0.25, 0.3) is 11.3 Å². The van der Waals surface area contributed by atoms with Gasteiger partial charge in [-0.25, -0.2) is 9.37 Å². The second-order valence-electron chi connectivity index (χ2n) is 8.78. The smallest absolute Gasteiger partial charge is 0.399 e. The monoisotopic (exact) mass is 549 g/mol. The summed E-state index contributed by atoms with van der Waals surface area (Å²) in [6.07, 6.45) is -3.53. The summed E-state index contributed by atoms with van der Waals surface area (Å²) in [7, 11) is 0. The first-order chi connectivity index (χ1) is 18.3. The lowest BCUT2D eigenvalue weighted by Gasteiger charge is -2.17.